The molecule has 0 aromatic heterocycles. The number of nitrogen functional groups attached to an aromatic ring is 1. The van der Waals surface area contributed by atoms with Crippen molar-refractivity contribution in [3.05, 3.63) is 64.7 Å². The average molecular weight is 289 g/mol. The van der Waals surface area contributed by atoms with E-state index >= 15 is 0 Å². The fourth-order valence-electron chi connectivity index (χ4n) is 2.03. The number of amides is 1. The molecule has 1 unspecified atom stereocenters. The lowest BCUT2D eigenvalue weighted by Gasteiger charge is -2.26. The number of benzene rings is 2. The van der Waals surface area contributed by atoms with Crippen LogP contribution in [0.3, 0.4) is 0 Å². The summed E-state index contributed by atoms with van der Waals surface area (Å²) in [6.07, 6.45) is 0. The maximum atomic E-state index is 12.5. The molecule has 0 spiro atoms. The summed E-state index contributed by atoms with van der Waals surface area (Å²) in [7, 11) is 1.76. The monoisotopic (exact) mass is 288 g/mol. The molecule has 2 rings (SSSR count). The molecule has 2 aromatic rings. The Labute approximate surface area is 124 Å². The smallest absolute Gasteiger partial charge is 0.255 e. The van der Waals surface area contributed by atoms with E-state index in [0.29, 0.717) is 16.3 Å². The van der Waals surface area contributed by atoms with Crippen LogP contribution in [0.1, 0.15) is 28.9 Å². The lowest BCUT2D eigenvalue weighted by atomic mass is 10.1. The summed E-state index contributed by atoms with van der Waals surface area (Å²) in [5, 5.41) is 0.413. The highest BCUT2D eigenvalue weighted by Crippen LogP contribution is 2.25. The molecule has 3 nitrogen and oxygen atoms in total. The number of rotatable bonds is 3. The molecule has 0 bridgehead atoms. The van der Waals surface area contributed by atoms with Crippen molar-refractivity contribution < 1.29 is 4.79 Å². The van der Waals surface area contributed by atoms with E-state index in [1.807, 2.05) is 37.3 Å². The zero-order chi connectivity index (χ0) is 14.7. The quantitative estimate of drug-likeness (QED) is 0.874. The standard InChI is InChI=1S/C16H17ClN2O/c1-11(12-6-4-3-5-7-12)19(2)16(20)14-10-13(18)8-9-15(14)17/h3-11H,18H2,1-2H3. The van der Waals surface area contributed by atoms with Crippen LogP contribution in [-0.4, -0.2) is 17.9 Å². The number of halogens is 1. The number of anilines is 1. The Morgan fingerprint density at radius 2 is 1.85 bits per heavy atom. The van der Waals surface area contributed by atoms with Gasteiger partial charge in [-0.05, 0) is 30.7 Å². The Morgan fingerprint density at radius 3 is 2.50 bits per heavy atom. The Kier molecular flexibility index (Phi) is 4.30. The van der Waals surface area contributed by atoms with Gasteiger partial charge in [0.2, 0.25) is 0 Å². The van der Waals surface area contributed by atoms with Crippen molar-refractivity contribution in [1.29, 1.82) is 0 Å². The lowest BCUT2D eigenvalue weighted by Crippen LogP contribution is -2.29. The fourth-order valence-corrected chi connectivity index (χ4v) is 2.23. The maximum Gasteiger partial charge on any atom is 0.255 e. The topological polar surface area (TPSA) is 46.3 Å². The first-order valence-corrected chi connectivity index (χ1v) is 6.75. The third-order valence-electron chi connectivity index (χ3n) is 3.40. The van der Waals surface area contributed by atoms with Crippen LogP contribution in [0.5, 0.6) is 0 Å². The number of hydrogen-bond acceptors (Lipinski definition) is 2. The lowest BCUT2D eigenvalue weighted by molar-refractivity contribution is 0.0743. The van der Waals surface area contributed by atoms with Gasteiger partial charge < -0.3 is 10.6 Å². The first kappa shape index (κ1) is 14.4. The summed E-state index contributed by atoms with van der Waals surface area (Å²) in [5.74, 6) is -0.140. The van der Waals surface area contributed by atoms with Gasteiger partial charge in [-0.3, -0.25) is 4.79 Å². The van der Waals surface area contributed by atoms with Crippen LogP contribution in [0.2, 0.25) is 5.02 Å². The van der Waals surface area contributed by atoms with E-state index in [4.69, 9.17) is 17.3 Å². The summed E-state index contributed by atoms with van der Waals surface area (Å²) < 4.78 is 0. The van der Waals surface area contributed by atoms with Gasteiger partial charge in [-0.2, -0.15) is 0 Å². The molecule has 0 saturated carbocycles. The van der Waals surface area contributed by atoms with E-state index in [1.165, 1.54) is 0 Å². The van der Waals surface area contributed by atoms with Gasteiger partial charge in [-0.1, -0.05) is 41.9 Å². The molecule has 104 valence electrons. The first-order chi connectivity index (χ1) is 9.50. The predicted octanol–water partition coefficient (Wildman–Crippen LogP) is 3.76. The van der Waals surface area contributed by atoms with Gasteiger partial charge in [0.1, 0.15) is 0 Å². The molecule has 1 amide bonds. The number of nitrogens with two attached hydrogens (primary N) is 1. The third-order valence-corrected chi connectivity index (χ3v) is 3.73. The fraction of sp³-hybridized carbons (Fsp3) is 0.188. The third kappa shape index (κ3) is 2.94. The van der Waals surface area contributed by atoms with Crippen molar-refractivity contribution in [2.24, 2.45) is 0 Å². The Morgan fingerprint density at radius 1 is 1.20 bits per heavy atom. The number of nitrogens with zero attached hydrogens (tertiary/aromatic N) is 1. The zero-order valence-electron chi connectivity index (χ0n) is 11.5. The van der Waals surface area contributed by atoms with Crippen LogP contribution in [0, 0.1) is 0 Å². The van der Waals surface area contributed by atoms with Gasteiger partial charge in [0.15, 0.2) is 0 Å². The highest BCUT2D eigenvalue weighted by atomic mass is 35.5. The van der Waals surface area contributed by atoms with Gasteiger partial charge in [-0.25, -0.2) is 0 Å². The molecule has 0 saturated heterocycles. The molecule has 0 radical (unpaired) electrons. The molecule has 0 aliphatic carbocycles. The Balaban J connectivity index is 2.27. The van der Waals surface area contributed by atoms with Crippen molar-refractivity contribution in [3.63, 3.8) is 0 Å². The van der Waals surface area contributed by atoms with Crippen molar-refractivity contribution in [2.45, 2.75) is 13.0 Å². The van der Waals surface area contributed by atoms with Gasteiger partial charge in [0, 0.05) is 12.7 Å². The minimum absolute atomic E-state index is 0.0406. The first-order valence-electron chi connectivity index (χ1n) is 6.38. The molecular formula is C16H17ClN2O. The van der Waals surface area contributed by atoms with Crippen molar-refractivity contribution >= 4 is 23.2 Å². The predicted molar refractivity (Wildman–Crippen MR) is 82.8 cm³/mol. The minimum Gasteiger partial charge on any atom is -0.399 e. The molecule has 1 atom stereocenters. The second-order valence-electron chi connectivity index (χ2n) is 4.74. The van der Waals surface area contributed by atoms with Crippen LogP contribution in [0.15, 0.2) is 48.5 Å². The van der Waals surface area contributed by atoms with Gasteiger partial charge in [0.25, 0.3) is 5.91 Å². The van der Waals surface area contributed by atoms with Gasteiger partial charge >= 0.3 is 0 Å². The Hall–Kier alpha value is -2.00. The molecular weight excluding hydrogens is 272 g/mol. The average Bonchev–Trinajstić information content (AvgIpc) is 2.48. The summed E-state index contributed by atoms with van der Waals surface area (Å²) in [4.78, 5) is 14.2. The number of hydrogen-bond donors (Lipinski definition) is 1. The van der Waals surface area contributed by atoms with Crippen molar-refractivity contribution in [2.75, 3.05) is 12.8 Å². The molecule has 20 heavy (non-hydrogen) atoms. The molecule has 2 N–H and O–H groups in total. The second kappa shape index (κ2) is 5.97. The summed E-state index contributed by atoms with van der Waals surface area (Å²) >= 11 is 6.08. The molecule has 0 aliphatic heterocycles. The van der Waals surface area contributed by atoms with E-state index < -0.39 is 0 Å². The van der Waals surface area contributed by atoms with Crippen LogP contribution < -0.4 is 5.73 Å². The zero-order valence-corrected chi connectivity index (χ0v) is 12.3. The van der Waals surface area contributed by atoms with E-state index in [0.717, 1.165) is 5.56 Å². The summed E-state index contributed by atoms with van der Waals surface area (Å²) in [6, 6.07) is 14.7. The van der Waals surface area contributed by atoms with E-state index in [-0.39, 0.29) is 11.9 Å². The highest BCUT2D eigenvalue weighted by Gasteiger charge is 2.20. The second-order valence-corrected chi connectivity index (χ2v) is 5.15. The van der Waals surface area contributed by atoms with Crippen molar-refractivity contribution in [1.82, 2.24) is 4.90 Å². The van der Waals surface area contributed by atoms with E-state index in [9.17, 15) is 4.79 Å². The van der Waals surface area contributed by atoms with Gasteiger partial charge in [-0.15, -0.1) is 0 Å². The molecule has 2 aromatic carbocycles. The van der Waals surface area contributed by atoms with Crippen LogP contribution in [0.25, 0.3) is 0 Å². The van der Waals surface area contributed by atoms with Crippen molar-refractivity contribution in [3.8, 4) is 0 Å². The molecule has 4 heteroatoms. The highest BCUT2D eigenvalue weighted by molar-refractivity contribution is 6.34. The Bertz CT molecular complexity index is 613. The minimum atomic E-state index is -0.140. The van der Waals surface area contributed by atoms with E-state index in [2.05, 4.69) is 0 Å². The molecule has 0 aliphatic rings. The summed E-state index contributed by atoms with van der Waals surface area (Å²) in [5.41, 5.74) is 7.75. The van der Waals surface area contributed by atoms with E-state index in [1.54, 1.807) is 30.1 Å². The SMILES string of the molecule is CC(c1ccccc1)N(C)C(=O)c1cc(N)ccc1Cl. The summed E-state index contributed by atoms with van der Waals surface area (Å²) in [6.45, 7) is 1.98. The largest absolute Gasteiger partial charge is 0.399 e. The van der Waals surface area contributed by atoms with Crippen LogP contribution in [0.4, 0.5) is 5.69 Å². The van der Waals surface area contributed by atoms with Gasteiger partial charge in [0.05, 0.1) is 16.6 Å². The molecule has 0 heterocycles. The molecule has 0 fully saturated rings. The number of carbonyl (C=O) groups excluding carboxylic acids is 1. The van der Waals surface area contributed by atoms with Crippen LogP contribution >= 0.6 is 11.6 Å². The van der Waals surface area contributed by atoms with Crippen LogP contribution in [-0.2, 0) is 0 Å². The number of carbonyl (C=O) groups is 1. The maximum absolute atomic E-state index is 12.5. The normalized spacial score (nSPS) is 11.9.